The Hall–Kier alpha value is -4.00. The Morgan fingerprint density at radius 2 is 1.21 bits per heavy atom. The molecule has 3 unspecified atom stereocenters. The lowest BCUT2D eigenvalue weighted by molar-refractivity contribution is -0.274. The summed E-state index contributed by atoms with van der Waals surface area (Å²) < 4.78 is 90.9. The average molecular weight is 941 g/mol. The number of carbonyl (C=O) groups excluding carboxylic acids is 6. The molecule has 1 aromatic rings. The van der Waals surface area contributed by atoms with Gasteiger partial charge in [0.05, 0.1) is 38.5 Å². The number of hydrogen-bond acceptors (Lipinski definition) is 15. The molecular formula is C31H46F3N6O18P3. The zero-order valence-corrected chi connectivity index (χ0v) is 34.7. The first-order valence-electron chi connectivity index (χ1n) is 18.3. The third kappa shape index (κ3) is 19.3. The van der Waals surface area contributed by atoms with Crippen molar-refractivity contribution in [3.05, 3.63) is 29.8 Å². The fraction of sp³-hybridized carbons (Fsp3) is 0.613. The van der Waals surface area contributed by atoms with Gasteiger partial charge in [0.15, 0.2) is 5.85 Å². The Morgan fingerprint density at radius 3 is 1.69 bits per heavy atom. The molecule has 0 radical (unpaired) electrons. The van der Waals surface area contributed by atoms with Crippen LogP contribution in [-0.4, -0.2) is 145 Å². The number of carbonyl (C=O) groups is 6. The summed E-state index contributed by atoms with van der Waals surface area (Å²) in [5.41, 5.74) is -0.369. The number of halogens is 3. The second-order valence-electron chi connectivity index (χ2n) is 13.7. The van der Waals surface area contributed by atoms with Crippen molar-refractivity contribution in [3.8, 4) is 5.75 Å². The van der Waals surface area contributed by atoms with Gasteiger partial charge in [-0.3, -0.25) is 62.6 Å². The van der Waals surface area contributed by atoms with Crippen LogP contribution in [0.4, 0.5) is 13.2 Å². The van der Waals surface area contributed by atoms with E-state index in [2.05, 4.69) is 15.4 Å². The SMILES string of the molecule is O=C(NCC(=O)N(O)CCCP(=O)(OC(CCN(O)C(=O)CNC(=O)C1CC1)P(=O)(O)O)OP(=O)(O)CCCN(O)C(=O)CNC(=O)C1CC1)c1cccc(OC(F)(F)F)c1. The van der Waals surface area contributed by atoms with Crippen LogP contribution in [0.5, 0.6) is 5.75 Å². The maximum absolute atomic E-state index is 14.0. The van der Waals surface area contributed by atoms with Gasteiger partial charge in [0, 0.05) is 36.9 Å². The van der Waals surface area contributed by atoms with Gasteiger partial charge in [-0.25, -0.2) is 19.5 Å². The number of rotatable bonds is 26. The molecule has 61 heavy (non-hydrogen) atoms. The van der Waals surface area contributed by atoms with Crippen LogP contribution in [0.2, 0.25) is 0 Å². The van der Waals surface area contributed by atoms with Crippen molar-refractivity contribution in [3.63, 3.8) is 0 Å². The molecule has 0 aromatic heterocycles. The van der Waals surface area contributed by atoms with E-state index in [0.29, 0.717) is 31.7 Å². The van der Waals surface area contributed by atoms with Crippen molar-refractivity contribution in [1.82, 2.24) is 31.1 Å². The fourth-order valence-electron chi connectivity index (χ4n) is 4.93. The Labute approximate surface area is 344 Å². The first-order valence-corrected chi connectivity index (χ1v) is 23.5. The van der Waals surface area contributed by atoms with Gasteiger partial charge >= 0.3 is 29.1 Å². The molecule has 30 heteroatoms. The van der Waals surface area contributed by atoms with Gasteiger partial charge < -0.3 is 35.4 Å². The maximum Gasteiger partial charge on any atom is 0.573 e. The number of nitrogens with one attached hydrogen (secondary N) is 3. The molecule has 0 aliphatic heterocycles. The van der Waals surface area contributed by atoms with Crippen LogP contribution in [-0.2, 0) is 46.5 Å². The number of nitrogens with zero attached hydrogens (tertiary/aromatic N) is 3. The Kier molecular flexibility index (Phi) is 18.8. The second-order valence-corrected chi connectivity index (χ2v) is 19.7. The predicted octanol–water partition coefficient (Wildman–Crippen LogP) is 1.11. The summed E-state index contributed by atoms with van der Waals surface area (Å²) in [5.74, 6) is -9.06. The highest BCUT2D eigenvalue weighted by Crippen LogP contribution is 2.65. The average Bonchev–Trinajstić information content (AvgIpc) is 4.09. The third-order valence-corrected chi connectivity index (χ3v) is 14.0. The summed E-state index contributed by atoms with van der Waals surface area (Å²) in [4.78, 5) is 103. The normalized spacial score (nSPS) is 16.5. The van der Waals surface area contributed by atoms with Gasteiger partial charge in [0.25, 0.3) is 23.6 Å². The van der Waals surface area contributed by atoms with Crippen molar-refractivity contribution >= 4 is 58.2 Å². The van der Waals surface area contributed by atoms with E-state index in [9.17, 15) is 85.9 Å². The van der Waals surface area contributed by atoms with E-state index in [1.54, 1.807) is 0 Å². The number of benzene rings is 1. The minimum absolute atomic E-state index is 0.0255. The van der Waals surface area contributed by atoms with Crippen LogP contribution in [0.3, 0.4) is 0 Å². The molecule has 2 fully saturated rings. The first-order chi connectivity index (χ1) is 28.3. The van der Waals surface area contributed by atoms with Crippen LogP contribution in [0.15, 0.2) is 24.3 Å². The highest BCUT2D eigenvalue weighted by molar-refractivity contribution is 7.67. The standard InChI is InChI=1S/C31H46F3N6O18P3/c32-31(33,34)56-23-5-1-4-22(16-23)30(46)37-18-25(42)39(48)12-3-15-60(52,58-59(50,51)14-2-11-38(47)24(41)17-35-28(44)20-6-7-20)57-27(61(53,54)55)10-13-40(49)26(43)19-36-29(45)21-8-9-21/h1,4-5,16,20-21,27,47-49H,2-3,6-15,17-19H2,(H,35,44)(H,36,45)(H,37,46)(H,50,51)(H2,53,54,55). The summed E-state index contributed by atoms with van der Waals surface area (Å²) in [7, 11) is -15.9. The summed E-state index contributed by atoms with van der Waals surface area (Å²) in [6.07, 6.45) is -6.77. The highest BCUT2D eigenvalue weighted by Gasteiger charge is 2.42. The summed E-state index contributed by atoms with van der Waals surface area (Å²) >= 11 is 0. The molecule has 2 saturated carbocycles. The number of ether oxygens (including phenoxy) is 1. The van der Waals surface area contributed by atoms with E-state index in [-0.39, 0.29) is 32.6 Å². The Morgan fingerprint density at radius 1 is 0.738 bits per heavy atom. The Balaban J connectivity index is 1.64. The molecule has 344 valence electrons. The monoisotopic (exact) mass is 940 g/mol. The van der Waals surface area contributed by atoms with E-state index < -0.39 is 147 Å². The van der Waals surface area contributed by atoms with Crippen molar-refractivity contribution in [2.45, 2.75) is 57.2 Å². The molecule has 2 aliphatic rings. The number of amides is 6. The molecule has 6 amide bonds. The van der Waals surface area contributed by atoms with Gasteiger partial charge in [-0.1, -0.05) is 6.07 Å². The second kappa shape index (κ2) is 22.4. The lowest BCUT2D eigenvalue weighted by atomic mass is 10.2. The molecule has 9 N–H and O–H groups in total. The minimum Gasteiger partial charge on any atom is -0.406 e. The molecule has 0 spiro atoms. The molecule has 0 heterocycles. The van der Waals surface area contributed by atoms with Crippen molar-refractivity contribution in [2.75, 3.05) is 51.6 Å². The molecule has 2 aliphatic carbocycles. The summed E-state index contributed by atoms with van der Waals surface area (Å²) in [6.45, 7) is -4.57. The van der Waals surface area contributed by atoms with Crippen molar-refractivity contribution in [2.24, 2.45) is 11.8 Å². The van der Waals surface area contributed by atoms with E-state index in [0.717, 1.165) is 18.2 Å². The predicted molar refractivity (Wildman–Crippen MR) is 196 cm³/mol. The van der Waals surface area contributed by atoms with Crippen molar-refractivity contribution < 1.29 is 99.5 Å². The van der Waals surface area contributed by atoms with Gasteiger partial charge in [0.2, 0.25) is 11.8 Å². The number of hydroxylamine groups is 6. The molecule has 1 aromatic carbocycles. The topological polar surface area (TPSA) is 349 Å². The third-order valence-electron chi connectivity index (χ3n) is 8.43. The first kappa shape index (κ1) is 51.4. The van der Waals surface area contributed by atoms with Gasteiger partial charge in [-0.2, -0.15) is 0 Å². The lowest BCUT2D eigenvalue weighted by Gasteiger charge is -2.28. The number of alkyl halides is 3. The number of hydrogen-bond donors (Lipinski definition) is 9. The quantitative estimate of drug-likeness (QED) is 0.0357. The molecule has 0 saturated heterocycles. The van der Waals surface area contributed by atoms with Crippen LogP contribution in [0, 0.1) is 11.8 Å². The molecule has 0 bridgehead atoms. The van der Waals surface area contributed by atoms with Crippen LogP contribution >= 0.6 is 22.8 Å². The van der Waals surface area contributed by atoms with Crippen LogP contribution < -0.4 is 20.7 Å². The molecular weight excluding hydrogens is 894 g/mol. The van der Waals surface area contributed by atoms with E-state index >= 15 is 0 Å². The zero-order valence-electron chi connectivity index (χ0n) is 32.0. The Bertz CT molecular complexity index is 1900. The van der Waals surface area contributed by atoms with E-state index in [1.165, 1.54) is 0 Å². The molecule has 24 nitrogen and oxygen atoms in total. The zero-order chi connectivity index (χ0) is 45.8. The fourth-order valence-corrected chi connectivity index (χ4v) is 10.3. The lowest BCUT2D eigenvalue weighted by Crippen LogP contribution is -2.40. The summed E-state index contributed by atoms with van der Waals surface area (Å²) in [5, 5.41) is 37.1. The van der Waals surface area contributed by atoms with Crippen molar-refractivity contribution in [1.29, 1.82) is 0 Å². The largest absolute Gasteiger partial charge is 0.573 e. The van der Waals surface area contributed by atoms with E-state index in [4.69, 9.17) is 8.83 Å². The minimum atomic E-state index is -5.54. The highest BCUT2D eigenvalue weighted by atomic mass is 31.3. The van der Waals surface area contributed by atoms with Gasteiger partial charge in [-0.15, -0.1) is 13.2 Å². The maximum atomic E-state index is 14.0. The smallest absolute Gasteiger partial charge is 0.406 e. The molecule has 3 atom stereocenters. The van der Waals surface area contributed by atoms with Gasteiger partial charge in [-0.05, 0) is 56.7 Å². The van der Waals surface area contributed by atoms with Crippen LogP contribution in [0.25, 0.3) is 0 Å². The molecule has 3 rings (SSSR count). The van der Waals surface area contributed by atoms with Gasteiger partial charge in [0.1, 0.15) is 5.75 Å². The summed E-state index contributed by atoms with van der Waals surface area (Å²) in [6, 6.07) is 3.76. The van der Waals surface area contributed by atoms with E-state index in [1.807, 2.05) is 5.32 Å². The van der Waals surface area contributed by atoms with Crippen LogP contribution in [0.1, 0.15) is 55.3 Å².